The highest BCUT2D eigenvalue weighted by Gasteiger charge is 2.18. The van der Waals surface area contributed by atoms with Crippen molar-refractivity contribution in [1.82, 2.24) is 9.55 Å². The van der Waals surface area contributed by atoms with Crippen LogP contribution < -0.4 is 0 Å². The van der Waals surface area contributed by atoms with Gasteiger partial charge in [-0.15, -0.1) is 0 Å². The molecule has 0 fully saturated rings. The van der Waals surface area contributed by atoms with Crippen molar-refractivity contribution in [2.24, 2.45) is 7.05 Å². The quantitative estimate of drug-likeness (QED) is 0.619. The van der Waals surface area contributed by atoms with Crippen molar-refractivity contribution >= 4 is 17.5 Å². The summed E-state index contributed by atoms with van der Waals surface area (Å²) in [6, 6.07) is 7.87. The fourth-order valence-corrected chi connectivity index (χ4v) is 2.72. The zero-order valence-electron chi connectivity index (χ0n) is 11.5. The number of rotatable bonds is 5. The molecule has 0 amide bonds. The molecule has 2 rings (SSSR count). The Hall–Kier alpha value is -1.55. The van der Waals surface area contributed by atoms with Gasteiger partial charge in [-0.1, -0.05) is 43.0 Å². The molecule has 1 aromatic heterocycles. The van der Waals surface area contributed by atoms with E-state index in [9.17, 15) is 4.79 Å². The van der Waals surface area contributed by atoms with Gasteiger partial charge in [-0.25, -0.2) is 4.98 Å². The van der Waals surface area contributed by atoms with E-state index >= 15 is 0 Å². The highest BCUT2D eigenvalue weighted by atomic mass is 32.2. The monoisotopic (exact) mass is 274 g/mol. The third-order valence-corrected chi connectivity index (χ3v) is 4.25. The molecule has 0 N–H and O–H groups in total. The SMILES string of the molecule is CCc1ccc(C(=O)C(C)Sc2nccn2C)cc1. The summed E-state index contributed by atoms with van der Waals surface area (Å²) in [5.74, 6) is 0.149. The minimum Gasteiger partial charge on any atom is -0.329 e. The first-order chi connectivity index (χ1) is 9.11. The largest absolute Gasteiger partial charge is 0.329 e. The summed E-state index contributed by atoms with van der Waals surface area (Å²) in [5.41, 5.74) is 2.02. The van der Waals surface area contributed by atoms with Crippen LogP contribution in [0.25, 0.3) is 0 Å². The molecule has 0 saturated heterocycles. The van der Waals surface area contributed by atoms with E-state index in [0.717, 1.165) is 17.1 Å². The number of nitrogens with zero attached hydrogens (tertiary/aromatic N) is 2. The molecule has 0 saturated carbocycles. The number of thioether (sulfide) groups is 1. The van der Waals surface area contributed by atoms with Gasteiger partial charge in [0.05, 0.1) is 5.25 Å². The molecule has 1 heterocycles. The molecule has 0 bridgehead atoms. The molecular formula is C15H18N2OS. The van der Waals surface area contributed by atoms with Crippen molar-refractivity contribution < 1.29 is 4.79 Å². The molecule has 19 heavy (non-hydrogen) atoms. The number of carbonyl (C=O) groups is 1. The van der Waals surface area contributed by atoms with Gasteiger partial charge in [0.1, 0.15) is 0 Å². The van der Waals surface area contributed by atoms with E-state index in [0.29, 0.717) is 0 Å². The first-order valence-electron chi connectivity index (χ1n) is 6.39. The second kappa shape index (κ2) is 6.06. The van der Waals surface area contributed by atoms with Crippen molar-refractivity contribution in [2.75, 3.05) is 0 Å². The summed E-state index contributed by atoms with van der Waals surface area (Å²) in [5, 5.41) is 0.736. The maximum atomic E-state index is 12.3. The number of hydrogen-bond acceptors (Lipinski definition) is 3. The fraction of sp³-hybridized carbons (Fsp3) is 0.333. The van der Waals surface area contributed by atoms with Gasteiger partial charge in [-0.05, 0) is 18.9 Å². The third-order valence-electron chi connectivity index (χ3n) is 3.08. The molecule has 0 radical (unpaired) electrons. The molecule has 3 nitrogen and oxygen atoms in total. The zero-order chi connectivity index (χ0) is 13.8. The first kappa shape index (κ1) is 13.9. The van der Waals surface area contributed by atoms with Crippen molar-refractivity contribution in [3.05, 3.63) is 47.8 Å². The minimum absolute atomic E-state index is 0.131. The van der Waals surface area contributed by atoms with Crippen molar-refractivity contribution in [3.63, 3.8) is 0 Å². The maximum absolute atomic E-state index is 12.3. The van der Waals surface area contributed by atoms with Crippen LogP contribution in [0, 0.1) is 0 Å². The summed E-state index contributed by atoms with van der Waals surface area (Å²) in [6.45, 7) is 4.03. The molecule has 1 aromatic carbocycles. The van der Waals surface area contributed by atoms with Gasteiger partial charge in [0, 0.05) is 25.0 Å². The Morgan fingerprint density at radius 2 is 2.05 bits per heavy atom. The summed E-state index contributed by atoms with van der Waals surface area (Å²) in [7, 11) is 1.93. The molecule has 1 atom stereocenters. The predicted molar refractivity (Wildman–Crippen MR) is 78.7 cm³/mol. The molecule has 1 unspecified atom stereocenters. The van der Waals surface area contributed by atoms with Crippen LogP contribution >= 0.6 is 11.8 Å². The van der Waals surface area contributed by atoms with E-state index < -0.39 is 0 Å². The van der Waals surface area contributed by atoms with E-state index in [-0.39, 0.29) is 11.0 Å². The number of aryl methyl sites for hydroxylation is 2. The van der Waals surface area contributed by atoms with E-state index in [4.69, 9.17) is 0 Å². The lowest BCUT2D eigenvalue weighted by atomic mass is 10.1. The van der Waals surface area contributed by atoms with Crippen LogP contribution in [0.3, 0.4) is 0 Å². The molecule has 4 heteroatoms. The Bertz CT molecular complexity index is 560. The number of carbonyl (C=O) groups excluding carboxylic acids is 1. The standard InChI is InChI=1S/C15H18N2OS/c1-4-12-5-7-13(8-6-12)14(18)11(2)19-15-16-9-10-17(15)3/h5-11H,4H2,1-3H3. The maximum Gasteiger partial charge on any atom is 0.175 e. The number of ketones is 1. The van der Waals surface area contributed by atoms with Crippen LogP contribution in [0.5, 0.6) is 0 Å². The predicted octanol–water partition coefficient (Wildman–Crippen LogP) is 3.35. The molecule has 0 aliphatic heterocycles. The second-order valence-corrected chi connectivity index (χ2v) is 5.80. The molecule has 0 spiro atoms. The highest BCUT2D eigenvalue weighted by molar-refractivity contribution is 8.00. The normalized spacial score (nSPS) is 12.4. The van der Waals surface area contributed by atoms with Crippen LogP contribution in [0.15, 0.2) is 41.8 Å². The third kappa shape index (κ3) is 3.26. The summed E-state index contributed by atoms with van der Waals surface area (Å²) >= 11 is 1.49. The van der Waals surface area contributed by atoms with Crippen molar-refractivity contribution in [2.45, 2.75) is 30.7 Å². The average Bonchev–Trinajstić information content (AvgIpc) is 2.83. The Balaban J connectivity index is 2.08. The minimum atomic E-state index is -0.131. The summed E-state index contributed by atoms with van der Waals surface area (Å²) in [4.78, 5) is 16.6. The first-order valence-corrected chi connectivity index (χ1v) is 7.27. The fourth-order valence-electron chi connectivity index (χ4n) is 1.82. The number of benzene rings is 1. The van der Waals surface area contributed by atoms with Crippen molar-refractivity contribution in [1.29, 1.82) is 0 Å². The summed E-state index contributed by atoms with van der Waals surface area (Å²) < 4.78 is 1.93. The number of Topliss-reactive ketones (excluding diaryl/α,β-unsaturated/α-hetero) is 1. The second-order valence-electron chi connectivity index (χ2n) is 4.50. The Morgan fingerprint density at radius 1 is 1.37 bits per heavy atom. The number of aromatic nitrogens is 2. The Labute approximate surface area is 118 Å². The van der Waals surface area contributed by atoms with Gasteiger partial charge in [-0.2, -0.15) is 0 Å². The topological polar surface area (TPSA) is 34.9 Å². The van der Waals surface area contributed by atoms with Crippen molar-refractivity contribution in [3.8, 4) is 0 Å². The molecular weight excluding hydrogens is 256 g/mol. The number of imidazole rings is 1. The molecule has 2 aromatic rings. The van der Waals surface area contributed by atoms with Crippen LogP contribution in [0.1, 0.15) is 29.8 Å². The van der Waals surface area contributed by atoms with Crippen LogP contribution in [-0.2, 0) is 13.5 Å². The van der Waals surface area contributed by atoms with Crippen LogP contribution in [-0.4, -0.2) is 20.6 Å². The van der Waals surface area contributed by atoms with Crippen LogP contribution in [0.2, 0.25) is 0 Å². The molecule has 0 aliphatic rings. The smallest absolute Gasteiger partial charge is 0.175 e. The van der Waals surface area contributed by atoms with Gasteiger partial charge < -0.3 is 4.57 Å². The zero-order valence-corrected chi connectivity index (χ0v) is 12.3. The lowest BCUT2D eigenvalue weighted by Gasteiger charge is -2.10. The number of hydrogen-bond donors (Lipinski definition) is 0. The molecule has 0 aliphatic carbocycles. The average molecular weight is 274 g/mol. The van der Waals surface area contributed by atoms with Gasteiger partial charge in [0.2, 0.25) is 0 Å². The van der Waals surface area contributed by atoms with E-state index in [1.807, 2.05) is 49.0 Å². The highest BCUT2D eigenvalue weighted by Crippen LogP contribution is 2.23. The van der Waals surface area contributed by atoms with Gasteiger partial charge in [-0.3, -0.25) is 4.79 Å². The summed E-state index contributed by atoms with van der Waals surface area (Å²) in [6.07, 6.45) is 4.62. The van der Waals surface area contributed by atoms with Gasteiger partial charge in [0.25, 0.3) is 0 Å². The lowest BCUT2D eigenvalue weighted by molar-refractivity contribution is 0.0994. The van der Waals surface area contributed by atoms with E-state index in [1.165, 1.54) is 17.3 Å². The lowest BCUT2D eigenvalue weighted by Crippen LogP contribution is -2.14. The van der Waals surface area contributed by atoms with E-state index in [2.05, 4.69) is 11.9 Å². The molecule has 100 valence electrons. The van der Waals surface area contributed by atoms with Crippen LogP contribution in [0.4, 0.5) is 0 Å². The van der Waals surface area contributed by atoms with Gasteiger partial charge in [0.15, 0.2) is 10.9 Å². The Kier molecular flexibility index (Phi) is 4.43. The van der Waals surface area contributed by atoms with Gasteiger partial charge >= 0.3 is 0 Å². The Morgan fingerprint density at radius 3 is 2.58 bits per heavy atom. The van der Waals surface area contributed by atoms with E-state index in [1.54, 1.807) is 6.20 Å².